The molecule has 1 atom stereocenters. The molecule has 0 saturated carbocycles. The van der Waals surface area contributed by atoms with Crippen molar-refractivity contribution in [3.05, 3.63) is 35.4 Å². The summed E-state index contributed by atoms with van der Waals surface area (Å²) in [5.74, 6) is -1.56. The number of alkyl halides is 3. The van der Waals surface area contributed by atoms with E-state index in [-0.39, 0.29) is 12.8 Å². The fourth-order valence-corrected chi connectivity index (χ4v) is 2.18. The van der Waals surface area contributed by atoms with Gasteiger partial charge in [-0.1, -0.05) is 44.4 Å². The van der Waals surface area contributed by atoms with Crippen molar-refractivity contribution >= 4 is 0 Å². The number of aliphatic hydroxyl groups is 1. The van der Waals surface area contributed by atoms with E-state index in [9.17, 15) is 18.3 Å². The van der Waals surface area contributed by atoms with Crippen LogP contribution in [0.1, 0.15) is 50.2 Å². The molecule has 126 valence electrons. The fourth-order valence-electron chi connectivity index (χ4n) is 2.18. The average Bonchev–Trinajstić information content (AvgIpc) is 2.44. The van der Waals surface area contributed by atoms with Crippen LogP contribution in [0.25, 0.3) is 0 Å². The Morgan fingerprint density at radius 3 is 2.55 bits per heavy atom. The number of aryl methyl sites for hydroxylation is 1. The topological polar surface area (TPSA) is 58.3 Å². The summed E-state index contributed by atoms with van der Waals surface area (Å²) < 4.78 is 37.9. The molecule has 3 nitrogen and oxygen atoms in total. The molecule has 0 aliphatic heterocycles. The number of rotatable bonds is 9. The molecule has 0 aromatic heterocycles. The molecule has 0 saturated heterocycles. The van der Waals surface area contributed by atoms with Gasteiger partial charge in [0.05, 0.1) is 5.56 Å². The number of nitrogens with one attached hydrogen (secondary N) is 1. The predicted molar refractivity (Wildman–Crippen MR) is 81.0 cm³/mol. The summed E-state index contributed by atoms with van der Waals surface area (Å²) in [5.41, 5.74) is 5.55. The second-order valence-electron chi connectivity index (χ2n) is 5.61. The summed E-state index contributed by atoms with van der Waals surface area (Å²) in [7, 11) is 0. The normalized spacial score (nSPS) is 14.8. The Kier molecular flexibility index (Phi) is 7.32. The summed E-state index contributed by atoms with van der Waals surface area (Å²) in [4.78, 5) is 0. The first-order chi connectivity index (χ1) is 10.2. The third-order valence-corrected chi connectivity index (χ3v) is 3.51. The summed E-state index contributed by atoms with van der Waals surface area (Å²) in [6, 6.07) is 5.10. The first-order valence-corrected chi connectivity index (χ1v) is 7.67. The van der Waals surface area contributed by atoms with Crippen LogP contribution in [-0.2, 0) is 12.6 Å². The van der Waals surface area contributed by atoms with Crippen molar-refractivity contribution in [1.29, 1.82) is 0 Å². The standard InChI is InChI=1S/C16H25F3N2O/c1-2-3-4-5-11-21-15(20,22)10-9-13-7-6-8-14(12-13)16(17,18)19/h6-8,12,21-22H,2-5,9-11,20H2,1H3. The van der Waals surface area contributed by atoms with Crippen molar-refractivity contribution in [2.75, 3.05) is 6.54 Å². The predicted octanol–water partition coefficient (Wildman–Crippen LogP) is 3.41. The van der Waals surface area contributed by atoms with Gasteiger partial charge in [-0.2, -0.15) is 13.2 Å². The van der Waals surface area contributed by atoms with Crippen LogP contribution in [0, 0.1) is 0 Å². The summed E-state index contributed by atoms with van der Waals surface area (Å²) in [6.45, 7) is 2.71. The van der Waals surface area contributed by atoms with Crippen molar-refractivity contribution in [2.45, 2.75) is 57.5 Å². The molecule has 0 radical (unpaired) electrons. The molecule has 0 heterocycles. The zero-order chi connectivity index (χ0) is 16.6. The number of benzene rings is 1. The maximum atomic E-state index is 12.6. The molecule has 1 aromatic rings. The number of halogens is 3. The molecule has 1 unspecified atom stereocenters. The zero-order valence-corrected chi connectivity index (χ0v) is 12.9. The van der Waals surface area contributed by atoms with Crippen LogP contribution in [0.2, 0.25) is 0 Å². The van der Waals surface area contributed by atoms with Crippen molar-refractivity contribution in [1.82, 2.24) is 5.32 Å². The van der Waals surface area contributed by atoms with Gasteiger partial charge in [0.2, 0.25) is 0 Å². The van der Waals surface area contributed by atoms with Gasteiger partial charge >= 0.3 is 6.18 Å². The smallest absolute Gasteiger partial charge is 0.363 e. The van der Waals surface area contributed by atoms with E-state index in [1.165, 1.54) is 6.07 Å². The minimum absolute atomic E-state index is 0.155. The molecule has 0 aliphatic carbocycles. The van der Waals surface area contributed by atoms with E-state index >= 15 is 0 Å². The van der Waals surface area contributed by atoms with Crippen molar-refractivity contribution < 1.29 is 18.3 Å². The first kappa shape index (κ1) is 18.9. The highest BCUT2D eigenvalue weighted by molar-refractivity contribution is 5.25. The number of hydrogen-bond acceptors (Lipinski definition) is 3. The van der Waals surface area contributed by atoms with Gasteiger partial charge in [0.15, 0.2) is 5.85 Å². The van der Waals surface area contributed by atoms with Gasteiger partial charge in [0.25, 0.3) is 0 Å². The van der Waals surface area contributed by atoms with Crippen LogP contribution >= 0.6 is 0 Å². The van der Waals surface area contributed by atoms with E-state index in [4.69, 9.17) is 5.73 Å². The quantitative estimate of drug-likeness (QED) is 0.483. The lowest BCUT2D eigenvalue weighted by atomic mass is 10.0. The van der Waals surface area contributed by atoms with Crippen LogP contribution in [0.3, 0.4) is 0 Å². The van der Waals surface area contributed by atoms with Gasteiger partial charge in [0.1, 0.15) is 0 Å². The molecule has 0 spiro atoms. The molecule has 6 heteroatoms. The fraction of sp³-hybridized carbons (Fsp3) is 0.625. The summed E-state index contributed by atoms with van der Waals surface area (Å²) in [6.07, 6.45) is 0.314. The van der Waals surface area contributed by atoms with Gasteiger partial charge in [-0.15, -0.1) is 0 Å². The molecule has 0 amide bonds. The molecular weight excluding hydrogens is 293 g/mol. The van der Waals surface area contributed by atoms with E-state index in [2.05, 4.69) is 12.2 Å². The van der Waals surface area contributed by atoms with Crippen molar-refractivity contribution in [2.24, 2.45) is 5.73 Å². The number of nitrogens with two attached hydrogens (primary N) is 1. The van der Waals surface area contributed by atoms with Gasteiger partial charge in [-0.05, 0) is 31.0 Å². The lowest BCUT2D eigenvalue weighted by Crippen LogP contribution is -2.54. The number of unbranched alkanes of at least 4 members (excludes halogenated alkanes) is 3. The van der Waals surface area contributed by atoms with Gasteiger partial charge in [-0.25, -0.2) is 0 Å². The van der Waals surface area contributed by atoms with Crippen LogP contribution in [0.15, 0.2) is 24.3 Å². The van der Waals surface area contributed by atoms with Crippen LogP contribution in [-0.4, -0.2) is 17.5 Å². The SMILES string of the molecule is CCCCCCNC(N)(O)CCc1cccc(C(F)(F)F)c1. The zero-order valence-electron chi connectivity index (χ0n) is 12.9. The van der Waals surface area contributed by atoms with E-state index in [1.807, 2.05) is 0 Å². The highest BCUT2D eigenvalue weighted by Crippen LogP contribution is 2.29. The molecule has 1 aromatic carbocycles. The Labute approximate surface area is 129 Å². The Hall–Kier alpha value is -1.11. The molecular formula is C16H25F3N2O. The highest BCUT2D eigenvalue weighted by Gasteiger charge is 2.30. The lowest BCUT2D eigenvalue weighted by molar-refractivity contribution is -0.137. The molecule has 0 fully saturated rings. The summed E-state index contributed by atoms with van der Waals surface area (Å²) >= 11 is 0. The second-order valence-corrected chi connectivity index (χ2v) is 5.61. The van der Waals surface area contributed by atoms with Gasteiger partial charge in [0, 0.05) is 6.42 Å². The van der Waals surface area contributed by atoms with E-state index in [1.54, 1.807) is 6.07 Å². The van der Waals surface area contributed by atoms with E-state index in [0.29, 0.717) is 12.1 Å². The first-order valence-electron chi connectivity index (χ1n) is 7.67. The van der Waals surface area contributed by atoms with Gasteiger partial charge in [-0.3, -0.25) is 11.1 Å². The highest BCUT2D eigenvalue weighted by atomic mass is 19.4. The average molecular weight is 318 g/mol. The monoisotopic (exact) mass is 318 g/mol. The van der Waals surface area contributed by atoms with Crippen molar-refractivity contribution in [3.63, 3.8) is 0 Å². The minimum atomic E-state index is -4.35. The Morgan fingerprint density at radius 1 is 1.18 bits per heavy atom. The molecule has 4 N–H and O–H groups in total. The second kappa shape index (κ2) is 8.50. The maximum Gasteiger partial charge on any atom is 0.416 e. The molecule has 0 aliphatic rings. The Bertz CT molecular complexity index is 447. The van der Waals surface area contributed by atoms with E-state index in [0.717, 1.165) is 37.8 Å². The largest absolute Gasteiger partial charge is 0.416 e. The van der Waals surface area contributed by atoms with Crippen LogP contribution in [0.5, 0.6) is 0 Å². The third-order valence-electron chi connectivity index (χ3n) is 3.51. The van der Waals surface area contributed by atoms with Gasteiger partial charge < -0.3 is 5.11 Å². The minimum Gasteiger partial charge on any atom is -0.363 e. The molecule has 22 heavy (non-hydrogen) atoms. The third kappa shape index (κ3) is 7.24. The lowest BCUT2D eigenvalue weighted by Gasteiger charge is -2.24. The number of hydrogen-bond donors (Lipinski definition) is 3. The molecule has 0 bridgehead atoms. The summed E-state index contributed by atoms with van der Waals surface area (Å²) in [5, 5.41) is 12.9. The van der Waals surface area contributed by atoms with Crippen LogP contribution < -0.4 is 11.1 Å². The van der Waals surface area contributed by atoms with E-state index < -0.39 is 17.6 Å². The maximum absolute atomic E-state index is 12.6. The molecule has 1 rings (SSSR count). The van der Waals surface area contributed by atoms with Crippen molar-refractivity contribution in [3.8, 4) is 0 Å². The van der Waals surface area contributed by atoms with Crippen LogP contribution in [0.4, 0.5) is 13.2 Å². The Balaban J connectivity index is 2.44. The Morgan fingerprint density at radius 2 is 1.91 bits per heavy atom.